The Hall–Kier alpha value is -0.920. The molecule has 1 fully saturated rings. The summed E-state index contributed by atoms with van der Waals surface area (Å²) >= 11 is 25.5. The summed E-state index contributed by atoms with van der Waals surface area (Å²) in [4.78, 5) is 0.444. The van der Waals surface area contributed by atoms with Gasteiger partial charge in [0.25, 0.3) is 0 Å². The first-order valence-electron chi connectivity index (χ1n) is 5.41. The lowest BCUT2D eigenvalue weighted by Crippen LogP contribution is -2.20. The molecule has 2 aliphatic heterocycles. The van der Waals surface area contributed by atoms with Crippen LogP contribution in [0.2, 0.25) is 20.1 Å². The molecule has 1 saturated heterocycles. The van der Waals surface area contributed by atoms with E-state index < -0.39 is 0 Å². The number of hydrogen-bond donors (Lipinski definition) is 5. The lowest BCUT2D eigenvalue weighted by Gasteiger charge is -2.10. The molecule has 0 bridgehead atoms. The van der Waals surface area contributed by atoms with Crippen LogP contribution in [0.3, 0.4) is 0 Å². The average Bonchev–Trinajstić information content (AvgIpc) is 2.93. The molecule has 0 amide bonds. The second-order valence-electron chi connectivity index (χ2n) is 4.14. The minimum atomic E-state index is 0.0183. The van der Waals surface area contributed by atoms with Crippen molar-refractivity contribution in [3.63, 3.8) is 0 Å². The number of benzene rings is 1. The highest BCUT2D eigenvalue weighted by Crippen LogP contribution is 2.47. The Morgan fingerprint density at radius 1 is 0.714 bits per heavy atom. The van der Waals surface area contributed by atoms with E-state index in [2.05, 4.69) is 10.6 Å². The lowest BCUT2D eigenvalue weighted by atomic mass is 10.1. The highest BCUT2D eigenvalue weighted by Gasteiger charge is 2.35. The van der Waals surface area contributed by atoms with Crippen LogP contribution in [0, 0.1) is 16.2 Å². The maximum atomic E-state index is 8.00. The summed E-state index contributed by atoms with van der Waals surface area (Å²) < 4.78 is 0. The van der Waals surface area contributed by atoms with Gasteiger partial charge in [0.1, 0.15) is 11.7 Å². The van der Waals surface area contributed by atoms with Crippen LogP contribution in [0.15, 0.2) is 4.91 Å². The molecule has 1 aromatic carbocycles. The van der Waals surface area contributed by atoms with E-state index in [9.17, 15) is 0 Å². The van der Waals surface area contributed by atoms with Gasteiger partial charge in [0.05, 0.1) is 30.7 Å². The molecule has 5 N–H and O–H groups in total. The largest absolute Gasteiger partial charge is 0.339 e. The van der Waals surface area contributed by atoms with Crippen molar-refractivity contribution in [3.05, 3.63) is 36.1 Å². The zero-order chi connectivity index (χ0) is 15.5. The fourth-order valence-corrected chi connectivity index (χ4v) is 3.85. The molecule has 2 aliphatic rings. The van der Waals surface area contributed by atoms with Crippen LogP contribution in [0.1, 0.15) is 11.1 Å². The fourth-order valence-electron chi connectivity index (χ4n) is 2.05. The maximum Gasteiger partial charge on any atom is 0.164 e. The summed E-state index contributed by atoms with van der Waals surface area (Å²) in [6.45, 7) is 0. The zero-order valence-electron chi connectivity index (χ0n) is 9.92. The number of fused-ring (bicyclic) bond motifs is 1. The van der Waals surface area contributed by atoms with Crippen molar-refractivity contribution in [2.75, 3.05) is 0 Å². The summed E-state index contributed by atoms with van der Waals surface area (Å²) in [5.41, 5.74) is 1.18. The van der Waals surface area contributed by atoms with Crippen LogP contribution < -0.4 is 10.6 Å². The van der Waals surface area contributed by atoms with Gasteiger partial charge in [-0.25, -0.2) is 0 Å². The summed E-state index contributed by atoms with van der Waals surface area (Å²) in [5.74, 6) is 0.0659. The first kappa shape index (κ1) is 15.0. The molecule has 5 nitrogen and oxygen atoms in total. The SMILES string of the molecule is N=C1NC(=N)C(=C2NC(=N)c3c(Cl)c(Cl)c(Cl)c(Cl)c32)S1. The van der Waals surface area contributed by atoms with Gasteiger partial charge in [-0.1, -0.05) is 46.4 Å². The average molecular weight is 381 g/mol. The van der Waals surface area contributed by atoms with Crippen molar-refractivity contribution in [3.8, 4) is 0 Å². The monoisotopic (exact) mass is 379 g/mol. The molecule has 0 aliphatic carbocycles. The molecule has 2 heterocycles. The van der Waals surface area contributed by atoms with Crippen molar-refractivity contribution in [2.24, 2.45) is 0 Å². The predicted octanol–water partition coefficient (Wildman–Crippen LogP) is 4.15. The minimum absolute atomic E-state index is 0.0183. The van der Waals surface area contributed by atoms with E-state index in [1.807, 2.05) is 0 Å². The van der Waals surface area contributed by atoms with E-state index >= 15 is 0 Å². The van der Waals surface area contributed by atoms with E-state index in [1.165, 1.54) is 0 Å². The normalized spacial score (nSPS) is 20.7. The first-order chi connectivity index (χ1) is 9.82. The van der Waals surface area contributed by atoms with Crippen LogP contribution in [0.4, 0.5) is 0 Å². The van der Waals surface area contributed by atoms with Gasteiger partial charge in [-0.05, 0) is 11.8 Å². The Kier molecular flexibility index (Phi) is 3.62. The third-order valence-electron chi connectivity index (χ3n) is 2.91. The third-order valence-corrected chi connectivity index (χ3v) is 5.63. The van der Waals surface area contributed by atoms with Crippen LogP contribution in [-0.2, 0) is 0 Å². The van der Waals surface area contributed by atoms with Crippen molar-refractivity contribution in [1.29, 1.82) is 16.2 Å². The van der Waals surface area contributed by atoms with Gasteiger partial charge in [0.2, 0.25) is 0 Å². The Labute approximate surface area is 143 Å². The van der Waals surface area contributed by atoms with Crippen molar-refractivity contribution in [1.82, 2.24) is 10.6 Å². The van der Waals surface area contributed by atoms with Gasteiger partial charge < -0.3 is 10.6 Å². The van der Waals surface area contributed by atoms with E-state index in [4.69, 9.17) is 62.6 Å². The lowest BCUT2D eigenvalue weighted by molar-refractivity contribution is 1.28. The quantitative estimate of drug-likeness (QED) is 0.345. The summed E-state index contributed by atoms with van der Waals surface area (Å²) in [6.07, 6.45) is 0. The number of hydrogen-bond acceptors (Lipinski definition) is 4. The molecule has 0 spiro atoms. The summed E-state index contributed by atoms with van der Waals surface area (Å²) in [6, 6.07) is 0. The van der Waals surface area contributed by atoms with Gasteiger partial charge in [0, 0.05) is 11.1 Å². The number of nitrogens with one attached hydrogen (secondary N) is 5. The van der Waals surface area contributed by atoms with E-state index in [-0.39, 0.29) is 36.9 Å². The molecule has 108 valence electrons. The highest BCUT2D eigenvalue weighted by atomic mass is 35.5. The Morgan fingerprint density at radius 3 is 1.81 bits per heavy atom. The summed E-state index contributed by atoms with van der Waals surface area (Å²) in [7, 11) is 0. The first-order valence-corrected chi connectivity index (χ1v) is 7.74. The number of thioether (sulfide) groups is 1. The molecule has 1 aromatic rings. The van der Waals surface area contributed by atoms with E-state index in [1.54, 1.807) is 0 Å². The standard InChI is InChI=1S/C11H5Cl4N5S/c12-3-1-2(4(13)6(15)5(3)14)9(16)19-7(1)8-10(17)20-11(18)21-8/h(H2,16,19)(H3,17,18,20). The predicted molar refractivity (Wildman–Crippen MR) is 89.5 cm³/mol. The molecule has 0 atom stereocenters. The molecular formula is C11H5Cl4N5S. The molecule has 0 radical (unpaired) electrons. The van der Waals surface area contributed by atoms with Gasteiger partial charge in [-0.3, -0.25) is 16.2 Å². The molecule has 10 heteroatoms. The Balaban J connectivity index is 2.36. The highest BCUT2D eigenvalue weighted by molar-refractivity contribution is 8.18. The minimum Gasteiger partial charge on any atom is -0.339 e. The molecule has 0 saturated carbocycles. The number of halogens is 4. The van der Waals surface area contributed by atoms with Crippen LogP contribution >= 0.6 is 58.2 Å². The molecule has 0 aromatic heterocycles. The summed E-state index contributed by atoms with van der Waals surface area (Å²) in [5, 5.41) is 29.4. The number of rotatable bonds is 0. The van der Waals surface area contributed by atoms with Crippen molar-refractivity contribution in [2.45, 2.75) is 0 Å². The third kappa shape index (κ3) is 2.13. The van der Waals surface area contributed by atoms with E-state index in [0.717, 1.165) is 11.8 Å². The fraction of sp³-hybridized carbons (Fsp3) is 0. The van der Waals surface area contributed by atoms with Crippen LogP contribution in [0.5, 0.6) is 0 Å². The Morgan fingerprint density at radius 2 is 1.29 bits per heavy atom. The molecule has 3 rings (SSSR count). The van der Waals surface area contributed by atoms with Gasteiger partial charge >= 0.3 is 0 Å². The maximum absolute atomic E-state index is 8.00. The van der Waals surface area contributed by atoms with E-state index in [0.29, 0.717) is 21.7 Å². The smallest absolute Gasteiger partial charge is 0.164 e. The number of amidine groups is 3. The van der Waals surface area contributed by atoms with Gasteiger partial charge in [-0.15, -0.1) is 0 Å². The molecule has 21 heavy (non-hydrogen) atoms. The van der Waals surface area contributed by atoms with Crippen LogP contribution in [-0.4, -0.2) is 16.8 Å². The topological polar surface area (TPSA) is 95.6 Å². The molecular weight excluding hydrogens is 376 g/mol. The van der Waals surface area contributed by atoms with Crippen LogP contribution in [0.25, 0.3) is 5.70 Å². The second kappa shape index (κ2) is 5.07. The van der Waals surface area contributed by atoms with Gasteiger partial charge in [0.15, 0.2) is 5.17 Å². The van der Waals surface area contributed by atoms with Gasteiger partial charge in [-0.2, -0.15) is 0 Å². The van der Waals surface area contributed by atoms with Crippen molar-refractivity contribution < 1.29 is 0 Å². The molecule has 0 unspecified atom stereocenters. The zero-order valence-corrected chi connectivity index (χ0v) is 13.8. The Bertz CT molecular complexity index is 786. The van der Waals surface area contributed by atoms with Crippen molar-refractivity contribution >= 4 is 80.7 Å². The second-order valence-corrected chi connectivity index (χ2v) is 6.67.